The number of halogens is 4. The molecule has 1 aliphatic heterocycles. The molecule has 1 aliphatic rings. The van der Waals surface area contributed by atoms with Crippen LogP contribution in [0.1, 0.15) is 53.5 Å². The van der Waals surface area contributed by atoms with Crippen LogP contribution in [0.5, 0.6) is 0 Å². The molecule has 0 saturated carbocycles. The summed E-state index contributed by atoms with van der Waals surface area (Å²) >= 11 is 0. The summed E-state index contributed by atoms with van der Waals surface area (Å²) in [5.74, 6) is -3.00. The molecular formula is C31H30F4N4O3. The lowest BCUT2D eigenvalue weighted by atomic mass is 10.0. The minimum atomic E-state index is -4.75. The lowest BCUT2D eigenvalue weighted by molar-refractivity contribution is -0.137. The number of rotatable bonds is 6. The number of nitrogens with two attached hydrogens (primary N) is 1. The molecule has 1 fully saturated rings. The highest BCUT2D eigenvalue weighted by molar-refractivity contribution is 6.13. The van der Waals surface area contributed by atoms with Gasteiger partial charge in [-0.15, -0.1) is 0 Å². The minimum Gasteiger partial charge on any atom is -0.373 e. The van der Waals surface area contributed by atoms with Crippen molar-refractivity contribution in [2.75, 3.05) is 10.2 Å². The monoisotopic (exact) mass is 582 g/mol. The average molecular weight is 583 g/mol. The smallest absolute Gasteiger partial charge is 0.373 e. The van der Waals surface area contributed by atoms with Gasteiger partial charge < -0.3 is 25.6 Å². The largest absolute Gasteiger partial charge is 0.416 e. The summed E-state index contributed by atoms with van der Waals surface area (Å²) in [7, 11) is 0. The zero-order valence-corrected chi connectivity index (χ0v) is 23.2. The molecule has 0 bridgehead atoms. The van der Waals surface area contributed by atoms with Crippen molar-refractivity contribution in [3.63, 3.8) is 0 Å². The molecule has 0 spiro atoms. The molecule has 0 aliphatic carbocycles. The summed E-state index contributed by atoms with van der Waals surface area (Å²) in [5, 5.41) is 13.1. The van der Waals surface area contributed by atoms with E-state index < -0.39 is 41.2 Å². The Morgan fingerprint density at radius 2 is 1.74 bits per heavy atom. The highest BCUT2D eigenvalue weighted by Crippen LogP contribution is 2.39. The predicted octanol–water partition coefficient (Wildman–Crippen LogP) is 6.39. The number of nitrogens with zero attached hydrogens (tertiary/aromatic N) is 2. The van der Waals surface area contributed by atoms with Gasteiger partial charge in [-0.1, -0.05) is 25.1 Å². The first-order valence-electron chi connectivity index (χ1n) is 13.5. The molecule has 2 heterocycles. The van der Waals surface area contributed by atoms with Crippen molar-refractivity contribution in [1.29, 1.82) is 0 Å². The topological polar surface area (TPSA) is 101 Å². The van der Waals surface area contributed by atoms with E-state index in [4.69, 9.17) is 5.73 Å². The first-order valence-corrected chi connectivity index (χ1v) is 13.5. The van der Waals surface area contributed by atoms with Crippen LogP contribution >= 0.6 is 0 Å². The van der Waals surface area contributed by atoms with E-state index in [0.29, 0.717) is 17.8 Å². The maximum Gasteiger partial charge on any atom is 0.416 e. The molecular weight excluding hydrogens is 552 g/mol. The van der Waals surface area contributed by atoms with Crippen LogP contribution in [0, 0.1) is 11.7 Å². The van der Waals surface area contributed by atoms with Crippen LogP contribution < -0.4 is 16.0 Å². The zero-order valence-electron chi connectivity index (χ0n) is 23.2. The van der Waals surface area contributed by atoms with Crippen molar-refractivity contribution in [3.8, 4) is 11.3 Å². The van der Waals surface area contributed by atoms with E-state index in [1.165, 1.54) is 12.1 Å². The second-order valence-corrected chi connectivity index (χ2v) is 10.6. The summed E-state index contributed by atoms with van der Waals surface area (Å²) in [4.78, 5) is 26.9. The number of amides is 2. The number of aliphatic hydroxyl groups excluding tert-OH is 1. The second kappa shape index (κ2) is 10.8. The van der Waals surface area contributed by atoms with Crippen molar-refractivity contribution in [2.45, 2.75) is 52.2 Å². The number of anilines is 2. The summed E-state index contributed by atoms with van der Waals surface area (Å²) in [6.07, 6.45) is -4.53. The zero-order chi connectivity index (χ0) is 30.5. The fraction of sp³-hybridized carbons (Fsp3) is 0.290. The number of hydrogen-bond donors (Lipinski definition) is 3. The van der Waals surface area contributed by atoms with Crippen LogP contribution in [-0.4, -0.2) is 33.8 Å². The maximum absolute atomic E-state index is 14.8. The SMILES string of the molecule is CCn1c(-c2ccc(N3C(C)CC(C)C3O)cc2)cc2cc(C(F)(F)F)cc(C(=O)Nc3cccc(C(N)=O)c3F)c21. The molecule has 3 atom stereocenters. The van der Waals surface area contributed by atoms with E-state index in [1.807, 2.05) is 43.0 Å². The third kappa shape index (κ3) is 5.09. The van der Waals surface area contributed by atoms with Gasteiger partial charge in [-0.2, -0.15) is 13.2 Å². The number of benzene rings is 3. The second-order valence-electron chi connectivity index (χ2n) is 10.6. The molecule has 0 radical (unpaired) electrons. The van der Waals surface area contributed by atoms with Crippen LogP contribution in [0.25, 0.3) is 22.2 Å². The number of carbonyl (C=O) groups excluding carboxylic acids is 2. The van der Waals surface area contributed by atoms with Crippen molar-refractivity contribution >= 4 is 34.1 Å². The number of carbonyl (C=O) groups is 2. The molecule has 220 valence electrons. The van der Waals surface area contributed by atoms with Gasteiger partial charge in [0, 0.05) is 35.3 Å². The fourth-order valence-corrected chi connectivity index (χ4v) is 5.85. The van der Waals surface area contributed by atoms with Gasteiger partial charge in [-0.25, -0.2) is 4.39 Å². The molecule has 42 heavy (non-hydrogen) atoms. The van der Waals surface area contributed by atoms with Crippen LogP contribution in [0.3, 0.4) is 0 Å². The van der Waals surface area contributed by atoms with Crippen LogP contribution in [-0.2, 0) is 12.7 Å². The van der Waals surface area contributed by atoms with E-state index in [9.17, 15) is 32.3 Å². The first-order chi connectivity index (χ1) is 19.8. The van der Waals surface area contributed by atoms with Gasteiger partial charge >= 0.3 is 6.18 Å². The lowest BCUT2D eigenvalue weighted by Crippen LogP contribution is -2.35. The number of aromatic nitrogens is 1. The van der Waals surface area contributed by atoms with Crippen LogP contribution in [0.4, 0.5) is 28.9 Å². The molecule has 2 amide bonds. The first kappa shape index (κ1) is 29.1. The number of aliphatic hydroxyl groups is 1. The van der Waals surface area contributed by atoms with E-state index >= 15 is 0 Å². The summed E-state index contributed by atoms with van der Waals surface area (Å²) in [6.45, 7) is 6.14. The number of hydrogen-bond acceptors (Lipinski definition) is 4. The van der Waals surface area contributed by atoms with Crippen molar-refractivity contribution in [3.05, 3.63) is 83.2 Å². The van der Waals surface area contributed by atoms with Gasteiger partial charge in [-0.3, -0.25) is 9.59 Å². The Labute approximate surface area is 239 Å². The minimum absolute atomic E-state index is 0.112. The molecule has 7 nitrogen and oxygen atoms in total. The molecule has 4 aromatic rings. The van der Waals surface area contributed by atoms with Gasteiger partial charge in [0.2, 0.25) is 0 Å². The fourth-order valence-electron chi connectivity index (χ4n) is 5.85. The Morgan fingerprint density at radius 1 is 1.05 bits per heavy atom. The number of fused-ring (bicyclic) bond motifs is 1. The van der Waals surface area contributed by atoms with Crippen LogP contribution in [0.2, 0.25) is 0 Å². The Bertz CT molecular complexity index is 1680. The Morgan fingerprint density at radius 3 is 2.31 bits per heavy atom. The highest BCUT2D eigenvalue weighted by Gasteiger charge is 2.35. The Balaban J connectivity index is 1.61. The van der Waals surface area contributed by atoms with E-state index in [2.05, 4.69) is 5.32 Å². The normalized spacial score (nSPS) is 19.0. The number of aryl methyl sites for hydroxylation is 1. The molecule has 3 aromatic carbocycles. The van der Waals surface area contributed by atoms with Crippen molar-refractivity contribution in [1.82, 2.24) is 4.57 Å². The molecule has 4 N–H and O–H groups in total. The van der Waals surface area contributed by atoms with Crippen molar-refractivity contribution < 1.29 is 32.3 Å². The molecule has 1 aromatic heterocycles. The maximum atomic E-state index is 14.8. The Hall–Kier alpha value is -4.38. The van der Waals surface area contributed by atoms with Gasteiger partial charge in [0.15, 0.2) is 5.82 Å². The summed E-state index contributed by atoms with van der Waals surface area (Å²) < 4.78 is 58.3. The third-order valence-electron chi connectivity index (χ3n) is 7.84. The molecule has 11 heteroatoms. The summed E-state index contributed by atoms with van der Waals surface area (Å²) in [5.41, 5.74) is 5.34. The third-order valence-corrected chi connectivity index (χ3v) is 7.84. The van der Waals surface area contributed by atoms with Gasteiger partial charge in [-0.05, 0) is 68.3 Å². The molecule has 1 saturated heterocycles. The molecule has 5 rings (SSSR count). The lowest BCUT2D eigenvalue weighted by Gasteiger charge is -2.28. The predicted molar refractivity (Wildman–Crippen MR) is 153 cm³/mol. The quantitative estimate of drug-likeness (QED) is 0.229. The van der Waals surface area contributed by atoms with Gasteiger partial charge in [0.1, 0.15) is 6.23 Å². The summed E-state index contributed by atoms with van der Waals surface area (Å²) in [6, 6.07) is 14.4. The van der Waals surface area contributed by atoms with E-state index in [1.54, 1.807) is 17.6 Å². The Kier molecular flexibility index (Phi) is 7.48. The standard InChI is InChI=1S/C31H30F4N4O3/c1-4-38-25(18-8-10-21(11-9-18)39-17(3)12-16(2)30(39)42)14-19-13-20(31(33,34)35)15-23(27(19)38)29(41)37-24-7-5-6-22(26(24)32)28(36)40/h5-11,13-17,30,42H,4,12H2,1-3H3,(H2,36,40)(H,37,41). The highest BCUT2D eigenvalue weighted by atomic mass is 19.4. The van der Waals surface area contributed by atoms with Gasteiger partial charge in [0.25, 0.3) is 11.8 Å². The molecule has 3 unspecified atom stereocenters. The number of primary amides is 1. The number of nitrogens with one attached hydrogen (secondary N) is 1. The van der Waals surface area contributed by atoms with Crippen molar-refractivity contribution in [2.24, 2.45) is 11.7 Å². The average Bonchev–Trinajstić information content (AvgIpc) is 3.43. The van der Waals surface area contributed by atoms with Gasteiger partial charge in [0.05, 0.1) is 27.9 Å². The van der Waals surface area contributed by atoms with Crippen LogP contribution in [0.15, 0.2) is 60.7 Å². The van der Waals surface area contributed by atoms with E-state index in [0.717, 1.165) is 30.3 Å². The number of alkyl halides is 3. The van der Waals surface area contributed by atoms with E-state index in [-0.39, 0.29) is 34.1 Å².